The topological polar surface area (TPSA) is 56.0 Å². The number of primary amides is 1. The molecule has 0 bridgehead atoms. The van der Waals surface area contributed by atoms with E-state index in [1.807, 2.05) is 42.6 Å². The minimum atomic E-state index is -0.463. The lowest BCUT2D eigenvalue weighted by Gasteiger charge is -2.13. The second-order valence-corrected chi connectivity index (χ2v) is 5.04. The minimum Gasteiger partial charge on any atom is -0.369 e. The summed E-state index contributed by atoms with van der Waals surface area (Å²) in [7, 11) is 0. The number of carbonyl (C=O) groups is 1. The van der Waals surface area contributed by atoms with Crippen LogP contribution in [0.2, 0.25) is 0 Å². The van der Waals surface area contributed by atoms with Crippen molar-refractivity contribution in [1.82, 2.24) is 4.98 Å². The Balaban J connectivity index is 1.93. The first-order valence-electron chi connectivity index (χ1n) is 6.56. The molecule has 3 heteroatoms. The zero-order valence-corrected chi connectivity index (χ0v) is 10.6. The summed E-state index contributed by atoms with van der Waals surface area (Å²) in [6.07, 6.45) is 4.38. The van der Waals surface area contributed by atoms with Crippen molar-refractivity contribution < 1.29 is 4.79 Å². The molecule has 3 nitrogen and oxygen atoms in total. The van der Waals surface area contributed by atoms with E-state index in [0.717, 1.165) is 11.3 Å². The number of rotatable bonds is 4. The second-order valence-electron chi connectivity index (χ2n) is 5.04. The molecule has 1 fully saturated rings. The highest BCUT2D eigenvalue weighted by molar-refractivity contribution is 5.85. The molecule has 96 valence electrons. The number of amides is 1. The molecule has 0 radical (unpaired) electrons. The molecular weight excluding hydrogens is 236 g/mol. The maximum absolute atomic E-state index is 11.7. The predicted octanol–water partition coefficient (Wildman–Crippen LogP) is 2.58. The van der Waals surface area contributed by atoms with Crippen LogP contribution in [-0.2, 0) is 4.79 Å². The lowest BCUT2D eigenvalue weighted by Crippen LogP contribution is -2.23. The van der Waals surface area contributed by atoms with Crippen LogP contribution in [0.1, 0.15) is 41.5 Å². The fourth-order valence-corrected chi connectivity index (χ4v) is 2.37. The summed E-state index contributed by atoms with van der Waals surface area (Å²) in [5.41, 5.74) is 8.41. The third-order valence-electron chi connectivity index (χ3n) is 3.57. The fourth-order valence-electron chi connectivity index (χ4n) is 2.37. The van der Waals surface area contributed by atoms with Crippen LogP contribution in [0.4, 0.5) is 0 Å². The predicted molar refractivity (Wildman–Crippen MR) is 73.7 cm³/mol. The number of hydrogen-bond acceptors (Lipinski definition) is 2. The Bertz CT molecular complexity index is 573. The molecule has 19 heavy (non-hydrogen) atoms. The summed E-state index contributed by atoms with van der Waals surface area (Å²) < 4.78 is 0. The summed E-state index contributed by atoms with van der Waals surface area (Å²) >= 11 is 0. The first kappa shape index (κ1) is 11.9. The maximum atomic E-state index is 11.7. The van der Waals surface area contributed by atoms with Crippen molar-refractivity contribution in [2.24, 2.45) is 5.73 Å². The van der Waals surface area contributed by atoms with Crippen molar-refractivity contribution >= 4 is 5.91 Å². The number of nitrogens with two attached hydrogens (primary N) is 1. The maximum Gasteiger partial charge on any atom is 0.231 e. The van der Waals surface area contributed by atoms with Crippen molar-refractivity contribution in [1.29, 1.82) is 0 Å². The number of hydrogen-bond donors (Lipinski definition) is 1. The van der Waals surface area contributed by atoms with Crippen LogP contribution in [0.25, 0.3) is 0 Å². The van der Waals surface area contributed by atoms with Gasteiger partial charge in [-0.05, 0) is 36.0 Å². The van der Waals surface area contributed by atoms with Gasteiger partial charge in [0.2, 0.25) is 5.91 Å². The van der Waals surface area contributed by atoms with E-state index in [0.29, 0.717) is 5.92 Å². The molecule has 1 aliphatic carbocycles. The highest BCUT2D eigenvalue weighted by Gasteiger charge is 2.25. The van der Waals surface area contributed by atoms with Crippen LogP contribution in [0.15, 0.2) is 48.7 Å². The summed E-state index contributed by atoms with van der Waals surface area (Å²) in [5.74, 6) is -0.155. The van der Waals surface area contributed by atoms with Gasteiger partial charge >= 0.3 is 0 Å². The van der Waals surface area contributed by atoms with Crippen LogP contribution >= 0.6 is 0 Å². The first-order valence-corrected chi connectivity index (χ1v) is 6.56. The van der Waals surface area contributed by atoms with Gasteiger partial charge in [0.25, 0.3) is 0 Å². The van der Waals surface area contributed by atoms with E-state index < -0.39 is 5.92 Å². The molecule has 0 spiro atoms. The van der Waals surface area contributed by atoms with E-state index in [4.69, 9.17) is 5.73 Å². The fraction of sp³-hybridized carbons (Fsp3) is 0.250. The Morgan fingerprint density at radius 1 is 1.16 bits per heavy atom. The van der Waals surface area contributed by atoms with Gasteiger partial charge in [-0.25, -0.2) is 0 Å². The molecule has 3 rings (SSSR count). The highest BCUT2D eigenvalue weighted by atomic mass is 16.1. The average molecular weight is 252 g/mol. The molecule has 1 aromatic heterocycles. The number of aromatic nitrogens is 1. The molecule has 1 aromatic carbocycles. The zero-order valence-electron chi connectivity index (χ0n) is 10.6. The highest BCUT2D eigenvalue weighted by Crippen LogP contribution is 2.39. The third kappa shape index (κ3) is 2.50. The van der Waals surface area contributed by atoms with Crippen LogP contribution in [0.5, 0.6) is 0 Å². The minimum absolute atomic E-state index is 0.363. The van der Waals surface area contributed by atoms with Gasteiger partial charge in [-0.2, -0.15) is 0 Å². The van der Waals surface area contributed by atoms with Gasteiger partial charge in [0.1, 0.15) is 5.92 Å². The monoisotopic (exact) mass is 252 g/mol. The van der Waals surface area contributed by atoms with Crippen molar-refractivity contribution in [3.63, 3.8) is 0 Å². The van der Waals surface area contributed by atoms with Crippen LogP contribution in [-0.4, -0.2) is 10.9 Å². The largest absolute Gasteiger partial charge is 0.369 e. The Morgan fingerprint density at radius 2 is 1.89 bits per heavy atom. The molecule has 1 atom stereocenters. The lowest BCUT2D eigenvalue weighted by molar-refractivity contribution is -0.118. The lowest BCUT2D eigenvalue weighted by atomic mass is 9.94. The molecule has 2 N–H and O–H groups in total. The van der Waals surface area contributed by atoms with Crippen molar-refractivity contribution in [2.75, 3.05) is 0 Å². The van der Waals surface area contributed by atoms with Gasteiger partial charge in [0.05, 0.1) is 5.69 Å². The van der Waals surface area contributed by atoms with Gasteiger partial charge in [-0.15, -0.1) is 0 Å². The molecule has 0 saturated heterocycles. The molecule has 2 aromatic rings. The molecular formula is C16H16N2O. The number of nitrogens with zero attached hydrogens (tertiary/aromatic N) is 1. The number of pyridine rings is 1. The van der Waals surface area contributed by atoms with Gasteiger partial charge in [-0.3, -0.25) is 9.78 Å². The van der Waals surface area contributed by atoms with E-state index in [1.165, 1.54) is 18.4 Å². The summed E-state index contributed by atoms with van der Waals surface area (Å²) in [6, 6.07) is 13.5. The Labute approximate surface area is 112 Å². The number of carbonyl (C=O) groups excluding carboxylic acids is 1. The smallest absolute Gasteiger partial charge is 0.231 e. The third-order valence-corrected chi connectivity index (χ3v) is 3.57. The summed E-state index contributed by atoms with van der Waals surface area (Å²) in [6.45, 7) is 0. The first-order chi connectivity index (χ1) is 9.25. The van der Waals surface area contributed by atoms with E-state index in [2.05, 4.69) is 11.1 Å². The van der Waals surface area contributed by atoms with Gasteiger partial charge < -0.3 is 5.73 Å². The van der Waals surface area contributed by atoms with E-state index in [-0.39, 0.29) is 5.91 Å². The van der Waals surface area contributed by atoms with Gasteiger partial charge in [0, 0.05) is 6.20 Å². The standard InChI is InChI=1S/C16H16N2O/c17-16(19)15(12-4-2-1-3-5-12)14-9-8-13(10-18-14)11-6-7-11/h1-5,8-11,15H,6-7H2,(H2,17,19). The van der Waals surface area contributed by atoms with E-state index in [9.17, 15) is 4.79 Å². The van der Waals surface area contributed by atoms with Crippen molar-refractivity contribution in [2.45, 2.75) is 24.7 Å². The van der Waals surface area contributed by atoms with Gasteiger partial charge in [0.15, 0.2) is 0 Å². The van der Waals surface area contributed by atoms with Crippen LogP contribution in [0.3, 0.4) is 0 Å². The SMILES string of the molecule is NC(=O)C(c1ccccc1)c1ccc(C2CC2)cn1. The molecule has 1 heterocycles. The Morgan fingerprint density at radius 3 is 2.42 bits per heavy atom. The quantitative estimate of drug-likeness (QED) is 0.909. The second kappa shape index (κ2) is 4.84. The van der Waals surface area contributed by atoms with Crippen LogP contribution < -0.4 is 5.73 Å². The Hall–Kier alpha value is -2.16. The van der Waals surface area contributed by atoms with Crippen molar-refractivity contribution in [3.8, 4) is 0 Å². The molecule has 1 aliphatic rings. The van der Waals surface area contributed by atoms with Crippen LogP contribution in [0, 0.1) is 0 Å². The summed E-state index contributed by atoms with van der Waals surface area (Å²) in [5, 5.41) is 0. The number of benzene rings is 1. The average Bonchev–Trinajstić information content (AvgIpc) is 3.25. The van der Waals surface area contributed by atoms with E-state index >= 15 is 0 Å². The zero-order chi connectivity index (χ0) is 13.2. The normalized spacial score (nSPS) is 16.0. The molecule has 1 saturated carbocycles. The Kier molecular flexibility index (Phi) is 3.03. The molecule has 1 unspecified atom stereocenters. The summed E-state index contributed by atoms with van der Waals surface area (Å²) in [4.78, 5) is 16.2. The van der Waals surface area contributed by atoms with E-state index in [1.54, 1.807) is 0 Å². The molecule has 1 amide bonds. The van der Waals surface area contributed by atoms with Gasteiger partial charge in [-0.1, -0.05) is 36.4 Å². The molecule has 0 aliphatic heterocycles. The van der Waals surface area contributed by atoms with Crippen molar-refractivity contribution in [3.05, 3.63) is 65.5 Å².